The Kier molecular flexibility index (Phi) is 6.21. The van der Waals surface area contributed by atoms with Crippen LogP contribution in [0.5, 0.6) is 0 Å². The molecule has 0 atom stereocenters. The summed E-state index contributed by atoms with van der Waals surface area (Å²) >= 11 is 0. The highest BCUT2D eigenvalue weighted by atomic mass is 19.1. The van der Waals surface area contributed by atoms with Crippen molar-refractivity contribution in [2.24, 2.45) is 0 Å². The van der Waals surface area contributed by atoms with Crippen LogP contribution in [0.1, 0.15) is 38.9 Å². The summed E-state index contributed by atoms with van der Waals surface area (Å²) in [6.45, 7) is 7.89. The van der Waals surface area contributed by atoms with Crippen molar-refractivity contribution < 1.29 is 8.78 Å². The fourth-order valence-electron chi connectivity index (χ4n) is 2.97. The molecule has 0 bridgehead atoms. The second kappa shape index (κ2) is 8.81. The summed E-state index contributed by atoms with van der Waals surface area (Å²) in [5, 5.41) is 0. The van der Waals surface area contributed by atoms with Crippen LogP contribution < -0.4 is 5.46 Å². The Hall–Kier alpha value is -3.30. The molecular formula is C26H20BF2. The van der Waals surface area contributed by atoms with Gasteiger partial charge in [-0.3, -0.25) is 0 Å². The molecule has 0 amide bonds. The van der Waals surface area contributed by atoms with Crippen LogP contribution >= 0.6 is 0 Å². The van der Waals surface area contributed by atoms with Gasteiger partial charge in [-0.25, -0.2) is 8.78 Å². The quantitative estimate of drug-likeness (QED) is 0.408. The maximum Gasteiger partial charge on any atom is 0.156 e. The van der Waals surface area contributed by atoms with Crippen LogP contribution in [0.3, 0.4) is 0 Å². The Bertz CT molecular complexity index is 1140. The maximum atomic E-state index is 13.8. The van der Waals surface area contributed by atoms with Crippen LogP contribution in [-0.4, -0.2) is 7.28 Å². The predicted molar refractivity (Wildman–Crippen MR) is 117 cm³/mol. The molecule has 3 heteroatoms. The first-order valence-electron chi connectivity index (χ1n) is 9.37. The third-order valence-electron chi connectivity index (χ3n) is 4.88. The highest BCUT2D eigenvalue weighted by Crippen LogP contribution is 2.15. The zero-order chi connectivity index (χ0) is 21.0. The van der Waals surface area contributed by atoms with E-state index in [0.29, 0.717) is 5.56 Å². The van der Waals surface area contributed by atoms with E-state index in [1.165, 1.54) is 36.1 Å². The topological polar surface area (TPSA) is 0 Å². The van der Waals surface area contributed by atoms with Gasteiger partial charge in [0.25, 0.3) is 0 Å². The van der Waals surface area contributed by atoms with Crippen molar-refractivity contribution in [3.05, 3.63) is 99.1 Å². The Morgan fingerprint density at radius 1 is 0.621 bits per heavy atom. The van der Waals surface area contributed by atoms with Crippen molar-refractivity contribution in [1.29, 1.82) is 0 Å². The summed E-state index contributed by atoms with van der Waals surface area (Å²) in [7, 11) is 1.40. The van der Waals surface area contributed by atoms with Gasteiger partial charge in [-0.1, -0.05) is 30.5 Å². The van der Waals surface area contributed by atoms with Gasteiger partial charge in [0.2, 0.25) is 0 Å². The lowest BCUT2D eigenvalue weighted by atomic mass is 9.72. The average Bonchev–Trinajstić information content (AvgIpc) is 2.69. The zero-order valence-electron chi connectivity index (χ0n) is 17.0. The third-order valence-corrected chi connectivity index (χ3v) is 4.88. The molecule has 0 aliphatic rings. The minimum Gasteiger partial charge on any atom is -0.207 e. The first-order chi connectivity index (χ1) is 13.9. The highest BCUT2D eigenvalue weighted by molar-refractivity contribution is 6.52. The Labute approximate surface area is 172 Å². The van der Waals surface area contributed by atoms with Crippen molar-refractivity contribution in [2.75, 3.05) is 0 Å². The molecule has 0 fully saturated rings. The van der Waals surface area contributed by atoms with E-state index in [9.17, 15) is 8.78 Å². The van der Waals surface area contributed by atoms with Crippen LogP contribution in [0.2, 0.25) is 6.82 Å². The second-order valence-corrected chi connectivity index (χ2v) is 6.95. The van der Waals surface area contributed by atoms with Gasteiger partial charge in [-0.2, -0.15) is 0 Å². The summed E-state index contributed by atoms with van der Waals surface area (Å²) in [4.78, 5) is 0. The Balaban J connectivity index is 1.78. The molecule has 0 aliphatic heterocycles. The van der Waals surface area contributed by atoms with Gasteiger partial charge in [0.05, 0.1) is 0 Å². The first-order valence-corrected chi connectivity index (χ1v) is 9.37. The number of benzene rings is 3. The summed E-state index contributed by atoms with van der Waals surface area (Å²) in [6, 6.07) is 14.2. The first kappa shape index (κ1) is 20.4. The highest BCUT2D eigenvalue weighted by Gasteiger charge is 2.08. The van der Waals surface area contributed by atoms with Gasteiger partial charge in [0.1, 0.15) is 11.6 Å². The van der Waals surface area contributed by atoms with E-state index in [4.69, 9.17) is 0 Å². The van der Waals surface area contributed by atoms with Crippen molar-refractivity contribution in [3.63, 3.8) is 0 Å². The molecule has 1 radical (unpaired) electrons. The summed E-state index contributed by atoms with van der Waals surface area (Å²) in [6.07, 6.45) is 0. The molecule has 0 aromatic heterocycles. The van der Waals surface area contributed by atoms with Crippen LogP contribution in [-0.2, 0) is 0 Å². The summed E-state index contributed by atoms with van der Waals surface area (Å²) < 4.78 is 27.7. The summed E-state index contributed by atoms with van der Waals surface area (Å²) in [5.41, 5.74) is 6.66. The molecule has 0 unspecified atom stereocenters. The molecule has 3 aromatic rings. The van der Waals surface area contributed by atoms with Crippen molar-refractivity contribution in [2.45, 2.75) is 27.6 Å². The number of rotatable bonds is 1. The van der Waals surface area contributed by atoms with Crippen molar-refractivity contribution in [1.82, 2.24) is 0 Å². The fourth-order valence-corrected chi connectivity index (χ4v) is 2.97. The SMILES string of the molecule is C[B]c1c(F)cc(C#Cc2ccc(C#Cc3cc(C)c(C)c(C)c3)cc2)cc1F. The minimum absolute atomic E-state index is 0.0301. The van der Waals surface area contributed by atoms with Crippen molar-refractivity contribution >= 4 is 12.7 Å². The largest absolute Gasteiger partial charge is 0.207 e. The lowest BCUT2D eigenvalue weighted by Crippen LogP contribution is -2.20. The molecule has 0 heterocycles. The Morgan fingerprint density at radius 2 is 1.00 bits per heavy atom. The molecule has 0 aliphatic carbocycles. The van der Waals surface area contributed by atoms with Crippen LogP contribution in [0.4, 0.5) is 8.78 Å². The molecule has 3 aromatic carbocycles. The van der Waals surface area contributed by atoms with E-state index >= 15 is 0 Å². The lowest BCUT2D eigenvalue weighted by Gasteiger charge is -2.04. The molecule has 29 heavy (non-hydrogen) atoms. The third kappa shape index (κ3) is 4.95. The number of aryl methyl sites for hydroxylation is 2. The molecular weight excluding hydrogens is 361 g/mol. The van der Waals surface area contributed by atoms with Gasteiger partial charge in [0, 0.05) is 22.3 Å². The van der Waals surface area contributed by atoms with E-state index in [1.807, 2.05) is 24.3 Å². The maximum absolute atomic E-state index is 13.8. The van der Waals surface area contributed by atoms with Gasteiger partial charge in [-0.15, -0.1) is 0 Å². The number of halogens is 2. The van der Waals surface area contributed by atoms with Gasteiger partial charge in [-0.05, 0) is 91.5 Å². The number of hydrogen-bond donors (Lipinski definition) is 0. The van der Waals surface area contributed by atoms with E-state index in [2.05, 4.69) is 56.6 Å². The van der Waals surface area contributed by atoms with Gasteiger partial charge in [0.15, 0.2) is 7.28 Å². The minimum atomic E-state index is -0.607. The molecule has 0 nitrogen and oxygen atoms in total. The molecule has 0 spiro atoms. The zero-order valence-corrected chi connectivity index (χ0v) is 17.0. The van der Waals surface area contributed by atoms with Crippen molar-refractivity contribution in [3.8, 4) is 23.7 Å². The molecule has 0 saturated heterocycles. The average molecular weight is 381 g/mol. The molecule has 0 N–H and O–H groups in total. The van der Waals surface area contributed by atoms with Gasteiger partial charge >= 0.3 is 0 Å². The van der Waals surface area contributed by atoms with E-state index in [-0.39, 0.29) is 5.46 Å². The number of hydrogen-bond acceptors (Lipinski definition) is 0. The summed E-state index contributed by atoms with van der Waals surface area (Å²) in [5.74, 6) is 10.9. The fraction of sp³-hybridized carbons (Fsp3) is 0.154. The lowest BCUT2D eigenvalue weighted by molar-refractivity contribution is 0.597. The standard InChI is InChI=1S/C26H20BF2/c1-17-13-22(14-18(2)19(17)3)11-9-20-5-7-21(8-6-20)10-12-23-15-24(28)26(27-4)25(29)16-23/h5-8,13-16H,1-4H3. The van der Waals surface area contributed by atoms with Crippen LogP contribution in [0.25, 0.3) is 0 Å². The van der Waals surface area contributed by atoms with Crippen LogP contribution in [0.15, 0.2) is 48.5 Å². The van der Waals surface area contributed by atoms with E-state index < -0.39 is 11.6 Å². The van der Waals surface area contributed by atoms with Gasteiger partial charge < -0.3 is 0 Å². The monoisotopic (exact) mass is 381 g/mol. The van der Waals surface area contributed by atoms with E-state index in [1.54, 1.807) is 6.82 Å². The normalized spacial score (nSPS) is 9.86. The molecule has 0 saturated carbocycles. The smallest absolute Gasteiger partial charge is 0.156 e. The predicted octanol–water partition coefficient (Wildman–Crippen LogP) is 5.07. The Morgan fingerprint density at radius 3 is 1.41 bits per heavy atom. The van der Waals surface area contributed by atoms with Crippen LogP contribution in [0, 0.1) is 56.1 Å². The second-order valence-electron chi connectivity index (χ2n) is 6.95. The van der Waals surface area contributed by atoms with E-state index in [0.717, 1.165) is 16.7 Å². The molecule has 3 rings (SSSR count). The molecule has 141 valence electrons.